The molecule has 0 aromatic heterocycles. The first-order chi connectivity index (χ1) is 16.0. The number of likely N-dealkylation sites (tertiary alicyclic amines) is 1. The van der Waals surface area contributed by atoms with Gasteiger partial charge in [-0.15, -0.1) is 0 Å². The van der Waals surface area contributed by atoms with E-state index in [4.69, 9.17) is 4.74 Å². The molecule has 0 saturated carbocycles. The van der Waals surface area contributed by atoms with Crippen LogP contribution in [-0.4, -0.2) is 61.1 Å². The lowest BCUT2D eigenvalue weighted by Crippen LogP contribution is -2.48. The van der Waals surface area contributed by atoms with Gasteiger partial charge >= 0.3 is 0 Å². The molecule has 33 heavy (non-hydrogen) atoms. The molecule has 0 atom stereocenters. The number of hydrogen-bond acceptors (Lipinski definition) is 6. The minimum atomic E-state index is -0.245. The maximum atomic E-state index is 12.0. The Morgan fingerprint density at radius 1 is 0.970 bits per heavy atom. The van der Waals surface area contributed by atoms with Crippen molar-refractivity contribution in [2.75, 3.05) is 26.3 Å². The second kappa shape index (κ2) is 14.9. The number of imide groups is 1. The van der Waals surface area contributed by atoms with Crippen LogP contribution in [0.3, 0.4) is 0 Å². The third kappa shape index (κ3) is 10.4. The van der Waals surface area contributed by atoms with Gasteiger partial charge in [0, 0.05) is 45.5 Å². The van der Waals surface area contributed by atoms with E-state index >= 15 is 0 Å². The quantitative estimate of drug-likeness (QED) is 0.218. The summed E-state index contributed by atoms with van der Waals surface area (Å²) in [4.78, 5) is 58.4. The highest BCUT2D eigenvalue weighted by atomic mass is 16.5. The van der Waals surface area contributed by atoms with Crippen molar-refractivity contribution in [3.8, 4) is 0 Å². The second-order valence-corrected chi connectivity index (χ2v) is 7.98. The lowest BCUT2D eigenvalue weighted by atomic mass is 10.1. The van der Waals surface area contributed by atoms with Gasteiger partial charge in [0.25, 0.3) is 0 Å². The SMILES string of the molecule is O=CCCCCCNC(=O)CCCOCC(=O)NCc1ccc(CC(=O)N2CCC2=O)cc1. The van der Waals surface area contributed by atoms with Crippen LogP contribution in [0.2, 0.25) is 0 Å². The third-order valence-corrected chi connectivity index (χ3v) is 5.27. The predicted molar refractivity (Wildman–Crippen MR) is 121 cm³/mol. The molecular weight excluding hydrogens is 426 g/mol. The number of ether oxygens (including phenoxy) is 1. The van der Waals surface area contributed by atoms with Crippen LogP contribution in [0, 0.1) is 0 Å². The van der Waals surface area contributed by atoms with Crippen molar-refractivity contribution < 1.29 is 28.7 Å². The van der Waals surface area contributed by atoms with Crippen molar-refractivity contribution >= 4 is 29.9 Å². The van der Waals surface area contributed by atoms with Crippen molar-refractivity contribution in [2.45, 2.75) is 57.9 Å². The summed E-state index contributed by atoms with van der Waals surface area (Å²) in [6.07, 6.45) is 5.60. The van der Waals surface area contributed by atoms with Crippen molar-refractivity contribution in [2.24, 2.45) is 0 Å². The number of nitrogens with one attached hydrogen (secondary N) is 2. The minimum absolute atomic E-state index is 0.0416. The van der Waals surface area contributed by atoms with Crippen LogP contribution in [0.5, 0.6) is 0 Å². The molecule has 0 spiro atoms. The fourth-order valence-electron chi connectivity index (χ4n) is 3.22. The molecule has 1 aromatic rings. The van der Waals surface area contributed by atoms with Gasteiger partial charge < -0.3 is 20.2 Å². The molecule has 180 valence electrons. The molecule has 1 aliphatic rings. The summed E-state index contributed by atoms with van der Waals surface area (Å²) >= 11 is 0. The average molecular weight is 460 g/mol. The Bertz CT molecular complexity index is 809. The Hall–Kier alpha value is -3.07. The molecule has 0 aliphatic carbocycles. The molecule has 1 aromatic carbocycles. The summed E-state index contributed by atoms with van der Waals surface area (Å²) in [6.45, 7) is 1.70. The Morgan fingerprint density at radius 3 is 2.39 bits per heavy atom. The lowest BCUT2D eigenvalue weighted by Gasteiger charge is -2.28. The zero-order valence-electron chi connectivity index (χ0n) is 19.0. The van der Waals surface area contributed by atoms with Crippen LogP contribution in [0.25, 0.3) is 0 Å². The molecule has 9 heteroatoms. The second-order valence-electron chi connectivity index (χ2n) is 7.98. The summed E-state index contributed by atoms with van der Waals surface area (Å²) < 4.78 is 5.32. The molecular formula is C24H33N3O6. The van der Waals surface area contributed by atoms with Gasteiger partial charge in [0.05, 0.1) is 6.42 Å². The normalized spacial score (nSPS) is 12.7. The largest absolute Gasteiger partial charge is 0.372 e. The molecule has 1 saturated heterocycles. The maximum Gasteiger partial charge on any atom is 0.246 e. The van der Waals surface area contributed by atoms with Crippen LogP contribution in [0.4, 0.5) is 0 Å². The predicted octanol–water partition coefficient (Wildman–Crippen LogP) is 1.28. The van der Waals surface area contributed by atoms with Gasteiger partial charge in [-0.25, -0.2) is 0 Å². The molecule has 1 heterocycles. The van der Waals surface area contributed by atoms with E-state index in [1.807, 2.05) is 24.3 Å². The number of carbonyl (C=O) groups excluding carboxylic acids is 5. The van der Waals surface area contributed by atoms with E-state index in [-0.39, 0.29) is 36.7 Å². The van der Waals surface area contributed by atoms with Crippen molar-refractivity contribution in [3.63, 3.8) is 0 Å². The number of hydrogen-bond donors (Lipinski definition) is 2. The maximum absolute atomic E-state index is 12.0. The van der Waals surface area contributed by atoms with Crippen molar-refractivity contribution in [1.82, 2.24) is 15.5 Å². The van der Waals surface area contributed by atoms with E-state index in [1.54, 1.807) is 0 Å². The number of benzene rings is 1. The van der Waals surface area contributed by atoms with E-state index in [0.717, 1.165) is 36.7 Å². The first-order valence-corrected chi connectivity index (χ1v) is 11.5. The molecule has 1 fully saturated rings. The highest BCUT2D eigenvalue weighted by Gasteiger charge is 2.29. The van der Waals surface area contributed by atoms with Crippen molar-refractivity contribution in [3.05, 3.63) is 35.4 Å². The van der Waals surface area contributed by atoms with E-state index in [2.05, 4.69) is 10.6 Å². The van der Waals surface area contributed by atoms with E-state index in [1.165, 1.54) is 4.90 Å². The van der Waals surface area contributed by atoms with Gasteiger partial charge in [-0.2, -0.15) is 0 Å². The number of rotatable bonds is 16. The van der Waals surface area contributed by atoms with Crippen LogP contribution in [-0.2, 0) is 41.7 Å². The summed E-state index contributed by atoms with van der Waals surface area (Å²) in [6, 6.07) is 7.30. The van der Waals surface area contributed by atoms with Crippen LogP contribution in [0.15, 0.2) is 24.3 Å². The Morgan fingerprint density at radius 2 is 1.73 bits per heavy atom. The molecule has 1 aliphatic heterocycles. The van der Waals surface area contributed by atoms with Crippen molar-refractivity contribution in [1.29, 1.82) is 0 Å². The zero-order valence-corrected chi connectivity index (χ0v) is 19.0. The Balaban J connectivity index is 1.49. The third-order valence-electron chi connectivity index (χ3n) is 5.27. The number of nitrogens with zero attached hydrogens (tertiary/aromatic N) is 1. The fourth-order valence-corrected chi connectivity index (χ4v) is 3.22. The van der Waals surface area contributed by atoms with Gasteiger partial charge in [-0.1, -0.05) is 30.7 Å². The standard InChI is InChI=1S/C24H33N3O6/c28-14-4-2-1-3-12-25-21(29)6-5-15-33-18-22(30)26-17-20-9-7-19(8-10-20)16-24(32)27-13-11-23(27)31/h7-10,14H,1-6,11-13,15-18H2,(H,25,29)(H,26,30). The van der Waals surface area contributed by atoms with Crippen LogP contribution < -0.4 is 10.6 Å². The molecule has 4 amide bonds. The van der Waals surface area contributed by atoms with Crippen LogP contribution >= 0.6 is 0 Å². The molecule has 2 rings (SSSR count). The monoisotopic (exact) mass is 459 g/mol. The number of carbonyl (C=O) groups is 5. The summed E-state index contributed by atoms with van der Waals surface area (Å²) in [5.41, 5.74) is 1.71. The Labute approximate surface area is 194 Å². The molecule has 0 bridgehead atoms. The van der Waals surface area contributed by atoms with E-state index in [9.17, 15) is 24.0 Å². The number of aldehydes is 1. The van der Waals surface area contributed by atoms with Crippen LogP contribution in [0.1, 0.15) is 56.1 Å². The molecule has 0 radical (unpaired) electrons. The van der Waals surface area contributed by atoms with Gasteiger partial charge in [-0.3, -0.25) is 24.1 Å². The first kappa shape index (κ1) is 26.2. The molecule has 0 unspecified atom stereocenters. The number of amides is 4. The lowest BCUT2D eigenvalue weighted by molar-refractivity contribution is -0.152. The zero-order chi connectivity index (χ0) is 23.9. The summed E-state index contributed by atoms with van der Waals surface area (Å²) in [7, 11) is 0. The highest BCUT2D eigenvalue weighted by Crippen LogP contribution is 2.12. The van der Waals surface area contributed by atoms with Gasteiger partial charge in [0.15, 0.2) is 0 Å². The van der Waals surface area contributed by atoms with Gasteiger partial charge in [0.1, 0.15) is 12.9 Å². The average Bonchev–Trinajstić information content (AvgIpc) is 2.79. The Kier molecular flexibility index (Phi) is 11.8. The molecule has 9 nitrogen and oxygen atoms in total. The summed E-state index contributed by atoms with van der Waals surface area (Å²) in [5, 5.41) is 5.59. The topological polar surface area (TPSA) is 122 Å². The molecule has 2 N–H and O–H groups in total. The van der Waals surface area contributed by atoms with Gasteiger partial charge in [0.2, 0.25) is 23.6 Å². The van der Waals surface area contributed by atoms with Gasteiger partial charge in [-0.05, 0) is 30.4 Å². The number of β-lactam (4-membered cyclic amide) rings is 1. The van der Waals surface area contributed by atoms with E-state index < -0.39 is 0 Å². The fraction of sp³-hybridized carbons (Fsp3) is 0.542. The smallest absolute Gasteiger partial charge is 0.246 e. The first-order valence-electron chi connectivity index (χ1n) is 11.5. The number of unbranched alkanes of at least 4 members (excludes halogenated alkanes) is 3. The summed E-state index contributed by atoms with van der Waals surface area (Å²) in [5.74, 6) is -0.596. The highest BCUT2D eigenvalue weighted by molar-refractivity contribution is 6.00. The van der Waals surface area contributed by atoms with E-state index in [0.29, 0.717) is 51.9 Å². The minimum Gasteiger partial charge on any atom is -0.372 e.